The summed E-state index contributed by atoms with van der Waals surface area (Å²) in [6.45, 7) is 5.20. The Hall–Kier alpha value is -1.59. The second-order valence-corrected chi connectivity index (χ2v) is 4.00. The number of aromatic nitrogens is 3. The van der Waals surface area contributed by atoms with Gasteiger partial charge in [0.05, 0.1) is 0 Å². The van der Waals surface area contributed by atoms with E-state index in [1.54, 1.807) is 0 Å². The molecule has 5 N–H and O–H groups in total. The van der Waals surface area contributed by atoms with Crippen molar-refractivity contribution >= 4 is 17.8 Å². The van der Waals surface area contributed by atoms with Gasteiger partial charge in [-0.05, 0) is 12.3 Å². The molecule has 90 valence electrons. The van der Waals surface area contributed by atoms with E-state index in [1.165, 1.54) is 19.3 Å². The zero-order valence-corrected chi connectivity index (χ0v) is 9.90. The van der Waals surface area contributed by atoms with Gasteiger partial charge in [0.2, 0.25) is 17.8 Å². The number of nitrogens with one attached hydrogen (secondary N) is 1. The highest BCUT2D eigenvalue weighted by molar-refractivity contribution is 5.36. The van der Waals surface area contributed by atoms with Gasteiger partial charge in [-0.15, -0.1) is 0 Å². The third kappa shape index (κ3) is 4.29. The summed E-state index contributed by atoms with van der Waals surface area (Å²) in [5.74, 6) is 1.33. The number of nitrogen functional groups attached to an aromatic ring is 2. The van der Waals surface area contributed by atoms with Gasteiger partial charge in [-0.2, -0.15) is 15.0 Å². The maximum atomic E-state index is 5.46. The molecular formula is C10H20N6. The molecule has 0 bridgehead atoms. The van der Waals surface area contributed by atoms with E-state index in [0.29, 0.717) is 11.9 Å². The van der Waals surface area contributed by atoms with Gasteiger partial charge < -0.3 is 16.8 Å². The van der Waals surface area contributed by atoms with Crippen LogP contribution < -0.4 is 16.8 Å². The molecule has 6 heteroatoms. The minimum absolute atomic E-state index is 0.149. The number of rotatable bonds is 6. The molecule has 0 amide bonds. The van der Waals surface area contributed by atoms with Gasteiger partial charge in [0.25, 0.3) is 0 Å². The van der Waals surface area contributed by atoms with Crippen molar-refractivity contribution in [2.75, 3.05) is 23.3 Å². The van der Waals surface area contributed by atoms with Crippen LogP contribution >= 0.6 is 0 Å². The lowest BCUT2D eigenvalue weighted by atomic mass is 10.1. The molecule has 6 nitrogen and oxygen atoms in total. The van der Waals surface area contributed by atoms with Crippen molar-refractivity contribution < 1.29 is 0 Å². The fraction of sp³-hybridized carbons (Fsp3) is 0.700. The summed E-state index contributed by atoms with van der Waals surface area (Å²) in [5.41, 5.74) is 10.9. The zero-order valence-electron chi connectivity index (χ0n) is 9.90. The van der Waals surface area contributed by atoms with Gasteiger partial charge in [-0.3, -0.25) is 0 Å². The molecule has 1 aromatic heterocycles. The predicted molar refractivity (Wildman–Crippen MR) is 65.8 cm³/mol. The van der Waals surface area contributed by atoms with E-state index in [4.69, 9.17) is 11.5 Å². The summed E-state index contributed by atoms with van der Waals surface area (Å²) < 4.78 is 0. The monoisotopic (exact) mass is 224 g/mol. The molecule has 1 atom stereocenters. The van der Waals surface area contributed by atoms with Gasteiger partial charge >= 0.3 is 0 Å². The average molecular weight is 224 g/mol. The van der Waals surface area contributed by atoms with E-state index < -0.39 is 0 Å². The van der Waals surface area contributed by atoms with Gasteiger partial charge in [0.1, 0.15) is 0 Å². The van der Waals surface area contributed by atoms with Gasteiger partial charge in [0, 0.05) is 6.54 Å². The molecule has 0 aromatic carbocycles. The summed E-state index contributed by atoms with van der Waals surface area (Å²) in [4.78, 5) is 11.6. The molecule has 0 aliphatic carbocycles. The van der Waals surface area contributed by atoms with Crippen molar-refractivity contribution in [2.24, 2.45) is 5.92 Å². The van der Waals surface area contributed by atoms with Crippen LogP contribution in [-0.2, 0) is 0 Å². The van der Waals surface area contributed by atoms with E-state index in [-0.39, 0.29) is 11.9 Å². The maximum absolute atomic E-state index is 5.46. The molecule has 0 aliphatic heterocycles. The Kier molecular flexibility index (Phi) is 4.75. The molecule has 16 heavy (non-hydrogen) atoms. The molecule has 0 saturated heterocycles. The highest BCUT2D eigenvalue weighted by Crippen LogP contribution is 2.09. The predicted octanol–water partition coefficient (Wildman–Crippen LogP) is 1.27. The highest BCUT2D eigenvalue weighted by atomic mass is 15.2. The van der Waals surface area contributed by atoms with Crippen molar-refractivity contribution in [3.05, 3.63) is 0 Å². The van der Waals surface area contributed by atoms with Crippen LogP contribution in [-0.4, -0.2) is 21.5 Å². The van der Waals surface area contributed by atoms with Crippen LogP contribution in [0, 0.1) is 5.92 Å². The van der Waals surface area contributed by atoms with Crippen LogP contribution in [0.15, 0.2) is 0 Å². The zero-order chi connectivity index (χ0) is 12.0. The van der Waals surface area contributed by atoms with E-state index in [1.807, 2.05) is 0 Å². The lowest BCUT2D eigenvalue weighted by Gasteiger charge is -2.11. The molecule has 0 radical (unpaired) electrons. The second kappa shape index (κ2) is 6.09. The third-order valence-corrected chi connectivity index (χ3v) is 2.33. The number of hydrogen-bond acceptors (Lipinski definition) is 6. The second-order valence-electron chi connectivity index (χ2n) is 4.00. The van der Waals surface area contributed by atoms with Crippen molar-refractivity contribution in [2.45, 2.75) is 33.1 Å². The number of nitrogens with two attached hydrogens (primary N) is 2. The number of hydrogen-bond donors (Lipinski definition) is 3. The van der Waals surface area contributed by atoms with E-state index in [9.17, 15) is 0 Å². The number of nitrogens with zero attached hydrogens (tertiary/aromatic N) is 3. The van der Waals surface area contributed by atoms with E-state index in [0.717, 1.165) is 6.54 Å². The minimum Gasteiger partial charge on any atom is -0.368 e. The molecule has 0 saturated carbocycles. The largest absolute Gasteiger partial charge is 0.368 e. The van der Waals surface area contributed by atoms with Crippen LogP contribution in [0.4, 0.5) is 17.8 Å². The molecule has 1 heterocycles. The fourth-order valence-corrected chi connectivity index (χ4v) is 1.41. The topological polar surface area (TPSA) is 103 Å². The smallest absolute Gasteiger partial charge is 0.229 e. The first kappa shape index (κ1) is 12.5. The van der Waals surface area contributed by atoms with E-state index in [2.05, 4.69) is 34.1 Å². The van der Waals surface area contributed by atoms with Crippen LogP contribution in [0.2, 0.25) is 0 Å². The van der Waals surface area contributed by atoms with Crippen molar-refractivity contribution in [3.63, 3.8) is 0 Å². The summed E-state index contributed by atoms with van der Waals surface area (Å²) >= 11 is 0. The number of anilines is 3. The first-order valence-corrected chi connectivity index (χ1v) is 5.62. The molecule has 1 aromatic rings. The summed E-state index contributed by atoms with van der Waals surface area (Å²) in [5, 5.41) is 3.11. The molecular weight excluding hydrogens is 204 g/mol. The Bertz CT molecular complexity index is 307. The maximum Gasteiger partial charge on any atom is 0.229 e. The highest BCUT2D eigenvalue weighted by Gasteiger charge is 2.04. The Labute approximate surface area is 95.9 Å². The third-order valence-electron chi connectivity index (χ3n) is 2.33. The van der Waals surface area contributed by atoms with Gasteiger partial charge in [-0.1, -0.05) is 26.7 Å². The van der Waals surface area contributed by atoms with Crippen LogP contribution in [0.5, 0.6) is 0 Å². The first-order valence-electron chi connectivity index (χ1n) is 5.62. The number of unbranched alkanes of at least 4 members (excludes halogenated alkanes) is 1. The molecule has 1 unspecified atom stereocenters. The quantitative estimate of drug-likeness (QED) is 0.672. The Balaban J connectivity index is 2.41. The minimum atomic E-state index is 0.149. The lowest BCUT2D eigenvalue weighted by Crippen LogP contribution is -2.15. The average Bonchev–Trinajstić information content (AvgIpc) is 2.22. The molecule has 0 spiro atoms. The SMILES string of the molecule is CCCCC(C)CNc1nc(N)nc(N)n1. The van der Waals surface area contributed by atoms with Gasteiger partial charge in [-0.25, -0.2) is 0 Å². The summed E-state index contributed by atoms with van der Waals surface area (Å²) in [6.07, 6.45) is 3.65. The molecule has 0 aliphatic rings. The Morgan fingerprint density at radius 3 is 2.38 bits per heavy atom. The Morgan fingerprint density at radius 1 is 1.19 bits per heavy atom. The van der Waals surface area contributed by atoms with Crippen molar-refractivity contribution in [1.29, 1.82) is 0 Å². The van der Waals surface area contributed by atoms with Crippen molar-refractivity contribution in [1.82, 2.24) is 15.0 Å². The van der Waals surface area contributed by atoms with Crippen LogP contribution in [0.25, 0.3) is 0 Å². The van der Waals surface area contributed by atoms with E-state index >= 15 is 0 Å². The summed E-state index contributed by atoms with van der Waals surface area (Å²) in [6, 6.07) is 0. The summed E-state index contributed by atoms with van der Waals surface area (Å²) in [7, 11) is 0. The van der Waals surface area contributed by atoms with Crippen LogP contribution in [0.3, 0.4) is 0 Å². The van der Waals surface area contributed by atoms with Crippen LogP contribution in [0.1, 0.15) is 33.1 Å². The van der Waals surface area contributed by atoms with Gasteiger partial charge in [0.15, 0.2) is 0 Å². The lowest BCUT2D eigenvalue weighted by molar-refractivity contribution is 0.527. The van der Waals surface area contributed by atoms with Crippen molar-refractivity contribution in [3.8, 4) is 0 Å². The Morgan fingerprint density at radius 2 is 1.81 bits per heavy atom. The first-order chi connectivity index (χ1) is 7.61. The fourth-order valence-electron chi connectivity index (χ4n) is 1.41. The normalized spacial score (nSPS) is 12.4. The molecule has 0 fully saturated rings. The molecule has 1 rings (SSSR count). The standard InChI is InChI=1S/C10H20N6/c1-3-4-5-7(2)6-13-10-15-8(11)14-9(12)16-10/h7H,3-6H2,1-2H3,(H5,11,12,13,14,15,16).